The molecule has 0 bridgehead atoms. The SMILES string of the molecule is C[C@@H](O)CNC[C@@H](O)[C@H](Cc1ccccc1)OC(N)=O. The molecule has 20 heavy (non-hydrogen) atoms. The molecule has 1 aromatic carbocycles. The van der Waals surface area contributed by atoms with Crippen molar-refractivity contribution in [2.75, 3.05) is 13.1 Å². The molecule has 1 rings (SSSR count). The van der Waals surface area contributed by atoms with Gasteiger partial charge in [0.25, 0.3) is 0 Å². The van der Waals surface area contributed by atoms with E-state index in [1.807, 2.05) is 30.3 Å². The van der Waals surface area contributed by atoms with Gasteiger partial charge in [-0.3, -0.25) is 0 Å². The lowest BCUT2D eigenvalue weighted by Gasteiger charge is -2.23. The van der Waals surface area contributed by atoms with Crippen molar-refractivity contribution < 1.29 is 19.7 Å². The van der Waals surface area contributed by atoms with Crippen molar-refractivity contribution in [1.29, 1.82) is 0 Å². The molecule has 112 valence electrons. The Morgan fingerprint density at radius 3 is 2.50 bits per heavy atom. The second-order valence-electron chi connectivity index (χ2n) is 4.74. The Bertz CT molecular complexity index is 397. The first-order chi connectivity index (χ1) is 9.49. The van der Waals surface area contributed by atoms with Crippen molar-refractivity contribution in [3.05, 3.63) is 35.9 Å². The Labute approximate surface area is 118 Å². The monoisotopic (exact) mass is 282 g/mol. The van der Waals surface area contributed by atoms with Gasteiger partial charge in [-0.15, -0.1) is 0 Å². The number of rotatable bonds is 8. The van der Waals surface area contributed by atoms with Crippen molar-refractivity contribution in [2.45, 2.75) is 31.7 Å². The van der Waals surface area contributed by atoms with Gasteiger partial charge in [-0.05, 0) is 12.5 Å². The number of nitrogens with one attached hydrogen (secondary N) is 1. The van der Waals surface area contributed by atoms with Gasteiger partial charge in [-0.2, -0.15) is 0 Å². The molecular weight excluding hydrogens is 260 g/mol. The Balaban J connectivity index is 2.56. The van der Waals surface area contributed by atoms with Crippen molar-refractivity contribution in [3.63, 3.8) is 0 Å². The summed E-state index contributed by atoms with van der Waals surface area (Å²) in [6.45, 7) is 2.20. The molecule has 3 atom stereocenters. The van der Waals surface area contributed by atoms with Crippen LogP contribution in [0, 0.1) is 0 Å². The smallest absolute Gasteiger partial charge is 0.404 e. The van der Waals surface area contributed by atoms with Crippen LogP contribution in [0.5, 0.6) is 0 Å². The highest BCUT2D eigenvalue weighted by molar-refractivity contribution is 5.64. The molecule has 0 spiro atoms. The zero-order chi connectivity index (χ0) is 15.0. The number of benzene rings is 1. The second kappa shape index (κ2) is 8.52. The van der Waals surface area contributed by atoms with Crippen LogP contribution in [0.3, 0.4) is 0 Å². The van der Waals surface area contributed by atoms with Crippen molar-refractivity contribution in [3.8, 4) is 0 Å². The maximum Gasteiger partial charge on any atom is 0.404 e. The van der Waals surface area contributed by atoms with Crippen molar-refractivity contribution >= 4 is 6.09 Å². The van der Waals surface area contributed by atoms with Crippen LogP contribution in [0.1, 0.15) is 12.5 Å². The first-order valence-electron chi connectivity index (χ1n) is 6.56. The third kappa shape index (κ3) is 6.51. The predicted molar refractivity (Wildman–Crippen MR) is 75.2 cm³/mol. The van der Waals surface area contributed by atoms with Crippen LogP contribution in [-0.2, 0) is 11.2 Å². The van der Waals surface area contributed by atoms with Gasteiger partial charge >= 0.3 is 6.09 Å². The van der Waals surface area contributed by atoms with Crippen LogP contribution in [0.15, 0.2) is 30.3 Å². The molecule has 0 aliphatic rings. The van der Waals surface area contributed by atoms with E-state index < -0.39 is 24.4 Å². The number of hydrogen-bond donors (Lipinski definition) is 4. The average molecular weight is 282 g/mol. The number of primary amides is 1. The third-order valence-corrected chi connectivity index (χ3v) is 2.77. The molecule has 0 heterocycles. The lowest BCUT2D eigenvalue weighted by molar-refractivity contribution is 0.00632. The van der Waals surface area contributed by atoms with Gasteiger partial charge in [0.2, 0.25) is 0 Å². The Morgan fingerprint density at radius 2 is 1.95 bits per heavy atom. The molecule has 0 radical (unpaired) electrons. The highest BCUT2D eigenvalue weighted by Crippen LogP contribution is 2.09. The minimum absolute atomic E-state index is 0.204. The first-order valence-corrected chi connectivity index (χ1v) is 6.56. The molecule has 0 aromatic heterocycles. The lowest BCUT2D eigenvalue weighted by Crippen LogP contribution is -2.42. The van der Waals surface area contributed by atoms with E-state index in [0.29, 0.717) is 13.0 Å². The maximum atomic E-state index is 10.9. The fraction of sp³-hybridized carbons (Fsp3) is 0.500. The summed E-state index contributed by atoms with van der Waals surface area (Å²) in [6.07, 6.45) is -2.67. The number of aliphatic hydroxyl groups excluding tert-OH is 2. The summed E-state index contributed by atoms with van der Waals surface area (Å²) in [5.74, 6) is 0. The molecule has 5 N–H and O–H groups in total. The largest absolute Gasteiger partial charge is 0.443 e. The number of amides is 1. The van der Waals surface area contributed by atoms with Crippen LogP contribution in [0.4, 0.5) is 4.79 Å². The molecule has 0 aliphatic carbocycles. The average Bonchev–Trinajstić information content (AvgIpc) is 2.38. The van der Waals surface area contributed by atoms with E-state index in [9.17, 15) is 9.90 Å². The maximum absolute atomic E-state index is 10.9. The third-order valence-electron chi connectivity index (χ3n) is 2.77. The van der Waals surface area contributed by atoms with Crippen LogP contribution < -0.4 is 11.1 Å². The van der Waals surface area contributed by atoms with Gasteiger partial charge in [-0.25, -0.2) is 4.79 Å². The minimum atomic E-state index is -0.916. The number of carbonyl (C=O) groups excluding carboxylic acids is 1. The van der Waals surface area contributed by atoms with Crippen LogP contribution in [0.2, 0.25) is 0 Å². The summed E-state index contributed by atoms with van der Waals surface area (Å²) in [7, 11) is 0. The van der Waals surface area contributed by atoms with Crippen LogP contribution in [-0.4, -0.2) is 47.7 Å². The minimum Gasteiger partial charge on any atom is -0.443 e. The fourth-order valence-corrected chi connectivity index (χ4v) is 1.82. The molecule has 6 heteroatoms. The number of aliphatic hydroxyl groups is 2. The van der Waals surface area contributed by atoms with Crippen LogP contribution >= 0.6 is 0 Å². The normalized spacial score (nSPS) is 15.3. The molecule has 0 aliphatic heterocycles. The molecule has 0 saturated heterocycles. The molecule has 6 nitrogen and oxygen atoms in total. The zero-order valence-corrected chi connectivity index (χ0v) is 11.5. The fourth-order valence-electron chi connectivity index (χ4n) is 1.82. The van der Waals surface area contributed by atoms with Crippen molar-refractivity contribution in [1.82, 2.24) is 5.32 Å². The summed E-state index contributed by atoms with van der Waals surface area (Å²) in [6, 6.07) is 9.39. The number of hydrogen-bond acceptors (Lipinski definition) is 5. The summed E-state index contributed by atoms with van der Waals surface area (Å²) in [5.41, 5.74) is 5.97. The summed E-state index contributed by atoms with van der Waals surface area (Å²) < 4.78 is 4.96. The van der Waals surface area contributed by atoms with E-state index in [1.165, 1.54) is 0 Å². The second-order valence-corrected chi connectivity index (χ2v) is 4.74. The molecule has 0 fully saturated rings. The molecular formula is C14H22N2O4. The predicted octanol–water partition coefficient (Wildman–Crippen LogP) is 0.0243. The molecule has 0 saturated carbocycles. The number of ether oxygens (including phenoxy) is 1. The van der Waals surface area contributed by atoms with Gasteiger partial charge in [0.1, 0.15) is 12.2 Å². The van der Waals surface area contributed by atoms with E-state index in [2.05, 4.69) is 5.32 Å². The van der Waals surface area contributed by atoms with Gasteiger partial charge in [0, 0.05) is 19.5 Å². The topological polar surface area (TPSA) is 105 Å². The van der Waals surface area contributed by atoms with Gasteiger partial charge in [-0.1, -0.05) is 30.3 Å². The van der Waals surface area contributed by atoms with Gasteiger partial charge < -0.3 is 26.0 Å². The standard InChI is InChI=1S/C14H22N2O4/c1-10(17)8-16-9-12(18)13(20-14(15)19)7-11-5-3-2-4-6-11/h2-6,10,12-13,16-18H,7-9H2,1H3,(H2,15,19)/t10-,12-,13+/m1/s1. The van der Waals surface area contributed by atoms with Crippen molar-refractivity contribution in [2.24, 2.45) is 5.73 Å². The Kier molecular flexibility index (Phi) is 7.00. The Morgan fingerprint density at radius 1 is 1.30 bits per heavy atom. The molecule has 1 amide bonds. The van der Waals surface area contributed by atoms with E-state index in [4.69, 9.17) is 15.6 Å². The molecule has 1 aromatic rings. The highest BCUT2D eigenvalue weighted by Gasteiger charge is 2.22. The lowest BCUT2D eigenvalue weighted by atomic mass is 10.0. The first kappa shape index (κ1) is 16.4. The Hall–Kier alpha value is -1.63. The molecule has 0 unspecified atom stereocenters. The van der Waals surface area contributed by atoms with E-state index in [0.717, 1.165) is 5.56 Å². The van der Waals surface area contributed by atoms with E-state index >= 15 is 0 Å². The quantitative estimate of drug-likeness (QED) is 0.538. The summed E-state index contributed by atoms with van der Waals surface area (Å²) in [4.78, 5) is 10.9. The van der Waals surface area contributed by atoms with Gasteiger partial charge in [0.05, 0.1) is 6.10 Å². The zero-order valence-electron chi connectivity index (χ0n) is 11.5. The van der Waals surface area contributed by atoms with E-state index in [-0.39, 0.29) is 6.54 Å². The summed E-state index contributed by atoms with van der Waals surface area (Å²) >= 11 is 0. The summed E-state index contributed by atoms with van der Waals surface area (Å²) in [5, 5.41) is 22.1. The van der Waals surface area contributed by atoms with Gasteiger partial charge in [0.15, 0.2) is 0 Å². The highest BCUT2D eigenvalue weighted by atomic mass is 16.6. The van der Waals surface area contributed by atoms with Crippen LogP contribution in [0.25, 0.3) is 0 Å². The number of carbonyl (C=O) groups is 1. The van der Waals surface area contributed by atoms with E-state index in [1.54, 1.807) is 6.92 Å². The number of nitrogens with two attached hydrogens (primary N) is 1.